The fraction of sp³-hybridized carbons (Fsp3) is 0.444. The molecule has 0 fully saturated rings. The molecule has 0 unspecified atom stereocenters. The van der Waals surface area contributed by atoms with Crippen molar-refractivity contribution in [3.8, 4) is 0 Å². The van der Waals surface area contributed by atoms with Crippen molar-refractivity contribution in [3.05, 3.63) is 23.5 Å². The molecule has 1 aromatic heterocycles. The zero-order chi connectivity index (χ0) is 10.9. The highest BCUT2D eigenvalue weighted by molar-refractivity contribution is 5.54. The molecule has 14 heavy (non-hydrogen) atoms. The monoisotopic (exact) mass is 204 g/mol. The fourth-order valence-electron chi connectivity index (χ4n) is 1.17. The van der Waals surface area contributed by atoms with Crippen LogP contribution in [-0.2, 0) is 6.18 Å². The van der Waals surface area contributed by atoms with E-state index >= 15 is 0 Å². The average molecular weight is 204 g/mol. The SMILES string of the molecule is CC(C)c1cncc(C(F)(F)F)c1N. The zero-order valence-electron chi connectivity index (χ0n) is 7.89. The smallest absolute Gasteiger partial charge is 0.398 e. The van der Waals surface area contributed by atoms with Crippen molar-refractivity contribution in [2.45, 2.75) is 25.9 Å². The number of hydrogen-bond donors (Lipinski definition) is 1. The Kier molecular flexibility index (Phi) is 2.69. The van der Waals surface area contributed by atoms with Crippen LogP contribution in [-0.4, -0.2) is 4.98 Å². The minimum Gasteiger partial charge on any atom is -0.398 e. The first-order valence-electron chi connectivity index (χ1n) is 4.14. The predicted octanol–water partition coefficient (Wildman–Crippen LogP) is 2.81. The van der Waals surface area contributed by atoms with Crippen molar-refractivity contribution in [3.63, 3.8) is 0 Å². The first-order valence-corrected chi connectivity index (χ1v) is 4.14. The third-order valence-electron chi connectivity index (χ3n) is 1.95. The molecule has 0 radical (unpaired) electrons. The summed E-state index contributed by atoms with van der Waals surface area (Å²) in [6, 6.07) is 0. The van der Waals surface area contributed by atoms with Crippen molar-refractivity contribution in [1.29, 1.82) is 0 Å². The highest BCUT2D eigenvalue weighted by atomic mass is 19.4. The summed E-state index contributed by atoms with van der Waals surface area (Å²) in [5, 5.41) is 0. The summed E-state index contributed by atoms with van der Waals surface area (Å²) in [6.07, 6.45) is -2.31. The molecular weight excluding hydrogens is 193 g/mol. The van der Waals surface area contributed by atoms with Crippen LogP contribution in [0.15, 0.2) is 12.4 Å². The van der Waals surface area contributed by atoms with Gasteiger partial charge in [-0.15, -0.1) is 0 Å². The summed E-state index contributed by atoms with van der Waals surface area (Å²) >= 11 is 0. The molecule has 0 spiro atoms. The van der Waals surface area contributed by atoms with E-state index < -0.39 is 11.7 Å². The number of anilines is 1. The molecule has 0 saturated heterocycles. The molecule has 0 atom stereocenters. The number of halogens is 3. The van der Waals surface area contributed by atoms with E-state index in [-0.39, 0.29) is 11.6 Å². The lowest BCUT2D eigenvalue weighted by Crippen LogP contribution is -2.12. The average Bonchev–Trinajstić information content (AvgIpc) is 2.01. The number of alkyl halides is 3. The topological polar surface area (TPSA) is 38.9 Å². The molecule has 1 aromatic rings. The molecule has 0 saturated carbocycles. The molecule has 1 heterocycles. The molecule has 2 nitrogen and oxygen atoms in total. The van der Waals surface area contributed by atoms with E-state index in [0.29, 0.717) is 5.56 Å². The van der Waals surface area contributed by atoms with E-state index in [1.165, 1.54) is 6.20 Å². The van der Waals surface area contributed by atoms with Gasteiger partial charge in [0.25, 0.3) is 0 Å². The summed E-state index contributed by atoms with van der Waals surface area (Å²) in [6.45, 7) is 3.54. The van der Waals surface area contributed by atoms with Gasteiger partial charge in [0.1, 0.15) is 0 Å². The number of hydrogen-bond acceptors (Lipinski definition) is 2. The van der Waals surface area contributed by atoms with Gasteiger partial charge in [-0.1, -0.05) is 13.8 Å². The van der Waals surface area contributed by atoms with Gasteiger partial charge in [0, 0.05) is 12.4 Å². The van der Waals surface area contributed by atoms with E-state index in [9.17, 15) is 13.2 Å². The predicted molar refractivity (Wildman–Crippen MR) is 47.7 cm³/mol. The highest BCUT2D eigenvalue weighted by Gasteiger charge is 2.34. The molecule has 0 aliphatic carbocycles. The van der Waals surface area contributed by atoms with Crippen LogP contribution in [0.2, 0.25) is 0 Å². The Labute approximate surface area is 79.9 Å². The molecule has 78 valence electrons. The molecule has 2 N–H and O–H groups in total. The van der Waals surface area contributed by atoms with E-state index in [1.54, 1.807) is 13.8 Å². The normalized spacial score (nSPS) is 12.1. The Morgan fingerprint density at radius 3 is 2.29 bits per heavy atom. The van der Waals surface area contributed by atoms with Crippen LogP contribution in [0, 0.1) is 0 Å². The minimum atomic E-state index is -4.43. The molecule has 0 aromatic carbocycles. The highest BCUT2D eigenvalue weighted by Crippen LogP contribution is 2.36. The van der Waals surface area contributed by atoms with Gasteiger partial charge in [-0.3, -0.25) is 4.98 Å². The summed E-state index contributed by atoms with van der Waals surface area (Å²) in [5.74, 6) is -0.0650. The van der Waals surface area contributed by atoms with Crippen molar-refractivity contribution in [2.75, 3.05) is 5.73 Å². The van der Waals surface area contributed by atoms with Crippen LogP contribution in [0.25, 0.3) is 0 Å². The van der Waals surface area contributed by atoms with Crippen molar-refractivity contribution in [2.24, 2.45) is 0 Å². The largest absolute Gasteiger partial charge is 0.419 e. The Morgan fingerprint density at radius 1 is 1.29 bits per heavy atom. The van der Waals surface area contributed by atoms with Crippen LogP contribution >= 0.6 is 0 Å². The first kappa shape index (κ1) is 10.8. The molecule has 0 aliphatic heterocycles. The standard InChI is InChI=1S/C9H11F3N2/c1-5(2)6-3-14-4-7(8(6)13)9(10,11)12/h3-5H,1-2H3,(H2,13,14). The maximum atomic E-state index is 12.4. The van der Waals surface area contributed by atoms with E-state index in [2.05, 4.69) is 4.98 Å². The van der Waals surface area contributed by atoms with Gasteiger partial charge in [-0.25, -0.2) is 0 Å². The van der Waals surface area contributed by atoms with Gasteiger partial charge in [0.15, 0.2) is 0 Å². The summed E-state index contributed by atoms with van der Waals surface area (Å²) < 4.78 is 37.1. The Hall–Kier alpha value is -1.26. The number of rotatable bonds is 1. The second-order valence-electron chi connectivity index (χ2n) is 3.34. The zero-order valence-corrected chi connectivity index (χ0v) is 7.89. The van der Waals surface area contributed by atoms with Crippen LogP contribution in [0.5, 0.6) is 0 Å². The summed E-state index contributed by atoms with van der Waals surface area (Å²) in [5.41, 5.74) is 4.76. The van der Waals surface area contributed by atoms with Crippen LogP contribution in [0.1, 0.15) is 30.9 Å². The molecule has 0 bridgehead atoms. The Bertz CT molecular complexity index is 331. The second-order valence-corrected chi connectivity index (χ2v) is 3.34. The number of nitrogens with zero attached hydrogens (tertiary/aromatic N) is 1. The van der Waals surface area contributed by atoms with Gasteiger partial charge < -0.3 is 5.73 Å². The number of aromatic nitrogens is 1. The van der Waals surface area contributed by atoms with Crippen molar-refractivity contribution in [1.82, 2.24) is 4.98 Å². The molecule has 0 aliphatic rings. The van der Waals surface area contributed by atoms with E-state index in [1.807, 2.05) is 0 Å². The molecular formula is C9H11F3N2. The van der Waals surface area contributed by atoms with E-state index in [0.717, 1.165) is 6.20 Å². The molecule has 5 heteroatoms. The third kappa shape index (κ3) is 1.97. The van der Waals surface area contributed by atoms with Gasteiger partial charge in [-0.2, -0.15) is 13.2 Å². The number of pyridine rings is 1. The minimum absolute atomic E-state index is 0.0650. The van der Waals surface area contributed by atoms with Gasteiger partial charge in [-0.05, 0) is 11.5 Å². The van der Waals surface area contributed by atoms with Gasteiger partial charge in [0.05, 0.1) is 11.3 Å². The molecule has 0 amide bonds. The Morgan fingerprint density at radius 2 is 1.86 bits per heavy atom. The lowest BCUT2D eigenvalue weighted by molar-refractivity contribution is -0.137. The van der Waals surface area contributed by atoms with Gasteiger partial charge in [0.2, 0.25) is 0 Å². The fourth-order valence-corrected chi connectivity index (χ4v) is 1.17. The van der Waals surface area contributed by atoms with Gasteiger partial charge >= 0.3 is 6.18 Å². The number of nitrogen functional groups attached to an aromatic ring is 1. The van der Waals surface area contributed by atoms with Crippen LogP contribution in [0.3, 0.4) is 0 Å². The maximum Gasteiger partial charge on any atom is 0.419 e. The summed E-state index contributed by atoms with van der Waals surface area (Å²) in [7, 11) is 0. The van der Waals surface area contributed by atoms with E-state index in [4.69, 9.17) is 5.73 Å². The first-order chi connectivity index (χ1) is 6.34. The number of nitrogens with two attached hydrogens (primary N) is 1. The third-order valence-corrected chi connectivity index (χ3v) is 1.95. The van der Waals surface area contributed by atoms with Crippen molar-refractivity contribution >= 4 is 5.69 Å². The lowest BCUT2D eigenvalue weighted by Gasteiger charge is -2.14. The second kappa shape index (κ2) is 3.48. The maximum absolute atomic E-state index is 12.4. The quantitative estimate of drug-likeness (QED) is 0.763. The van der Waals surface area contributed by atoms with Crippen LogP contribution < -0.4 is 5.73 Å². The Balaban J connectivity index is 3.28. The van der Waals surface area contributed by atoms with Crippen LogP contribution in [0.4, 0.5) is 18.9 Å². The lowest BCUT2D eigenvalue weighted by atomic mass is 10.0. The van der Waals surface area contributed by atoms with Crippen molar-refractivity contribution < 1.29 is 13.2 Å². The summed E-state index contributed by atoms with van der Waals surface area (Å²) in [4.78, 5) is 3.53. The molecule has 1 rings (SSSR count).